The number of benzene rings is 1. The van der Waals surface area contributed by atoms with Crippen molar-refractivity contribution in [2.24, 2.45) is 5.41 Å². The summed E-state index contributed by atoms with van der Waals surface area (Å²) < 4.78 is 0. The summed E-state index contributed by atoms with van der Waals surface area (Å²) in [4.78, 5) is 0. The van der Waals surface area contributed by atoms with Gasteiger partial charge in [-0.05, 0) is 57.2 Å². The van der Waals surface area contributed by atoms with Crippen LogP contribution in [0.3, 0.4) is 0 Å². The molecule has 0 aliphatic rings. The molecule has 1 N–H and O–H groups in total. The van der Waals surface area contributed by atoms with Crippen molar-refractivity contribution in [1.29, 1.82) is 0 Å². The van der Waals surface area contributed by atoms with Gasteiger partial charge in [-0.15, -0.1) is 0 Å². The van der Waals surface area contributed by atoms with E-state index in [0.29, 0.717) is 11.5 Å². The Balaban J connectivity index is 2.78. The predicted molar refractivity (Wildman–Crippen MR) is 76.5 cm³/mol. The summed E-state index contributed by atoms with van der Waals surface area (Å²) >= 11 is 0. The van der Waals surface area contributed by atoms with E-state index in [1.54, 1.807) is 0 Å². The maximum absolute atomic E-state index is 3.33. The molecule has 17 heavy (non-hydrogen) atoms. The molecule has 1 aromatic carbocycles. The Kier molecular flexibility index (Phi) is 4.76. The molecule has 0 saturated heterocycles. The third-order valence-electron chi connectivity index (χ3n) is 3.53. The average Bonchev–Trinajstić information content (AvgIpc) is 2.22. The van der Waals surface area contributed by atoms with E-state index in [1.165, 1.54) is 23.1 Å². The first-order valence-corrected chi connectivity index (χ1v) is 6.57. The first-order valence-electron chi connectivity index (χ1n) is 6.57. The van der Waals surface area contributed by atoms with Gasteiger partial charge >= 0.3 is 0 Å². The van der Waals surface area contributed by atoms with Crippen molar-refractivity contribution in [3.8, 4) is 0 Å². The van der Waals surface area contributed by atoms with E-state index in [2.05, 4.69) is 58.1 Å². The van der Waals surface area contributed by atoms with E-state index in [1.807, 2.05) is 7.05 Å². The van der Waals surface area contributed by atoms with Gasteiger partial charge in [0.2, 0.25) is 0 Å². The van der Waals surface area contributed by atoms with Crippen molar-refractivity contribution >= 4 is 0 Å². The Hall–Kier alpha value is -0.820. The van der Waals surface area contributed by atoms with Crippen molar-refractivity contribution in [2.45, 2.75) is 53.5 Å². The molecule has 1 aromatic rings. The molecule has 0 aromatic heterocycles. The highest BCUT2D eigenvalue weighted by Gasteiger charge is 2.21. The van der Waals surface area contributed by atoms with Crippen LogP contribution >= 0.6 is 0 Å². The van der Waals surface area contributed by atoms with Gasteiger partial charge in [-0.1, -0.05) is 37.6 Å². The van der Waals surface area contributed by atoms with Gasteiger partial charge in [0.25, 0.3) is 0 Å². The molecular formula is C16H27N. The zero-order valence-corrected chi connectivity index (χ0v) is 12.2. The molecular weight excluding hydrogens is 206 g/mol. The van der Waals surface area contributed by atoms with Crippen LogP contribution in [-0.2, 0) is 6.42 Å². The van der Waals surface area contributed by atoms with Gasteiger partial charge in [0.1, 0.15) is 0 Å². The number of nitrogens with one attached hydrogen (secondary N) is 1. The van der Waals surface area contributed by atoms with E-state index in [0.717, 1.165) is 6.42 Å². The molecule has 0 fully saturated rings. The standard InChI is InChI=1S/C16H27N/c1-12-7-8-13(2)15(9-12)11-16(4,5)10-14(3)17-6/h7-9,14,17H,10-11H2,1-6H3. The normalized spacial score (nSPS) is 13.8. The van der Waals surface area contributed by atoms with Gasteiger partial charge in [0, 0.05) is 6.04 Å². The molecule has 0 aliphatic heterocycles. The second-order valence-corrected chi connectivity index (χ2v) is 6.16. The highest BCUT2D eigenvalue weighted by Crippen LogP contribution is 2.29. The molecule has 0 aliphatic carbocycles. The van der Waals surface area contributed by atoms with Crippen molar-refractivity contribution in [2.75, 3.05) is 7.05 Å². The third kappa shape index (κ3) is 4.51. The number of hydrogen-bond donors (Lipinski definition) is 1. The minimum Gasteiger partial charge on any atom is -0.317 e. The van der Waals surface area contributed by atoms with Gasteiger partial charge in [0.05, 0.1) is 0 Å². The van der Waals surface area contributed by atoms with Gasteiger partial charge in [-0.25, -0.2) is 0 Å². The van der Waals surface area contributed by atoms with Crippen LogP contribution in [0.1, 0.15) is 43.9 Å². The molecule has 1 rings (SSSR count). The number of aryl methyl sites for hydroxylation is 2. The monoisotopic (exact) mass is 233 g/mol. The van der Waals surface area contributed by atoms with Crippen LogP contribution in [0.4, 0.5) is 0 Å². The van der Waals surface area contributed by atoms with Crippen molar-refractivity contribution in [1.82, 2.24) is 5.32 Å². The Labute approximate surface area is 107 Å². The van der Waals surface area contributed by atoms with Crippen LogP contribution in [0.2, 0.25) is 0 Å². The summed E-state index contributed by atoms with van der Waals surface area (Å²) in [6.07, 6.45) is 2.36. The predicted octanol–water partition coefficient (Wildman–Crippen LogP) is 3.87. The van der Waals surface area contributed by atoms with Crippen LogP contribution < -0.4 is 5.32 Å². The topological polar surface area (TPSA) is 12.0 Å². The van der Waals surface area contributed by atoms with Gasteiger partial charge in [0.15, 0.2) is 0 Å². The van der Waals surface area contributed by atoms with E-state index >= 15 is 0 Å². The smallest absolute Gasteiger partial charge is 0.00409 e. The second kappa shape index (κ2) is 5.68. The van der Waals surface area contributed by atoms with E-state index in [-0.39, 0.29) is 0 Å². The Morgan fingerprint density at radius 1 is 1.24 bits per heavy atom. The third-order valence-corrected chi connectivity index (χ3v) is 3.53. The summed E-state index contributed by atoms with van der Waals surface area (Å²) in [6, 6.07) is 7.35. The van der Waals surface area contributed by atoms with Crippen LogP contribution in [0.15, 0.2) is 18.2 Å². The average molecular weight is 233 g/mol. The lowest BCUT2D eigenvalue weighted by Crippen LogP contribution is -2.29. The maximum Gasteiger partial charge on any atom is 0.00409 e. The Morgan fingerprint density at radius 2 is 1.88 bits per heavy atom. The first-order chi connectivity index (χ1) is 7.84. The molecule has 0 bridgehead atoms. The fourth-order valence-corrected chi connectivity index (χ4v) is 2.51. The summed E-state index contributed by atoms with van der Waals surface area (Å²) in [5.41, 5.74) is 4.63. The molecule has 1 atom stereocenters. The highest BCUT2D eigenvalue weighted by molar-refractivity contribution is 5.31. The van der Waals surface area contributed by atoms with Gasteiger partial charge in [-0.2, -0.15) is 0 Å². The fourth-order valence-electron chi connectivity index (χ4n) is 2.51. The summed E-state index contributed by atoms with van der Waals surface area (Å²) in [6.45, 7) is 11.4. The van der Waals surface area contributed by atoms with Crippen molar-refractivity contribution in [3.63, 3.8) is 0 Å². The molecule has 0 radical (unpaired) electrons. The molecule has 0 spiro atoms. The molecule has 0 heterocycles. The highest BCUT2D eigenvalue weighted by atomic mass is 14.9. The van der Waals surface area contributed by atoms with Crippen LogP contribution in [0.5, 0.6) is 0 Å². The van der Waals surface area contributed by atoms with E-state index in [9.17, 15) is 0 Å². The second-order valence-electron chi connectivity index (χ2n) is 6.16. The van der Waals surface area contributed by atoms with Gasteiger partial charge < -0.3 is 5.32 Å². The number of hydrogen-bond acceptors (Lipinski definition) is 1. The quantitative estimate of drug-likeness (QED) is 0.814. The van der Waals surface area contributed by atoms with E-state index < -0.39 is 0 Å². The minimum absolute atomic E-state index is 0.348. The molecule has 1 unspecified atom stereocenters. The minimum atomic E-state index is 0.348. The lowest BCUT2D eigenvalue weighted by atomic mass is 9.79. The summed E-state index contributed by atoms with van der Waals surface area (Å²) in [5, 5.41) is 3.33. The first kappa shape index (κ1) is 14.2. The number of rotatable bonds is 5. The molecule has 96 valence electrons. The zero-order chi connectivity index (χ0) is 13.1. The van der Waals surface area contributed by atoms with Gasteiger partial charge in [-0.3, -0.25) is 0 Å². The summed E-state index contributed by atoms with van der Waals surface area (Å²) in [5.74, 6) is 0. The fraction of sp³-hybridized carbons (Fsp3) is 0.625. The Bertz CT molecular complexity index is 366. The molecule has 0 saturated carbocycles. The molecule has 1 nitrogen and oxygen atoms in total. The SMILES string of the molecule is CNC(C)CC(C)(C)Cc1cc(C)ccc1C. The Morgan fingerprint density at radius 3 is 2.47 bits per heavy atom. The summed E-state index contributed by atoms with van der Waals surface area (Å²) in [7, 11) is 2.04. The lowest BCUT2D eigenvalue weighted by Gasteiger charge is -2.29. The van der Waals surface area contributed by atoms with Crippen LogP contribution in [0.25, 0.3) is 0 Å². The van der Waals surface area contributed by atoms with Crippen LogP contribution in [0, 0.1) is 19.3 Å². The van der Waals surface area contributed by atoms with E-state index in [4.69, 9.17) is 0 Å². The maximum atomic E-state index is 3.33. The zero-order valence-electron chi connectivity index (χ0n) is 12.2. The molecule has 0 amide bonds. The van der Waals surface area contributed by atoms with Crippen molar-refractivity contribution in [3.05, 3.63) is 34.9 Å². The lowest BCUT2D eigenvalue weighted by molar-refractivity contribution is 0.293. The van der Waals surface area contributed by atoms with Crippen molar-refractivity contribution < 1.29 is 0 Å². The largest absolute Gasteiger partial charge is 0.317 e. The molecule has 1 heteroatoms. The van der Waals surface area contributed by atoms with Crippen LogP contribution in [-0.4, -0.2) is 13.1 Å².